The average Bonchev–Trinajstić information content (AvgIpc) is 2.65. The van der Waals surface area contributed by atoms with Crippen LogP contribution >= 0.6 is 0 Å². The predicted octanol–water partition coefficient (Wildman–Crippen LogP) is 2.35. The Balaban J connectivity index is 2.27. The number of nitrogens with one attached hydrogen (secondary N) is 1. The quantitative estimate of drug-likeness (QED) is 0.745. The fraction of sp³-hybridized carbons (Fsp3) is 0.316. The molecule has 146 valence electrons. The van der Waals surface area contributed by atoms with Crippen molar-refractivity contribution in [3.05, 3.63) is 54.1 Å². The summed E-state index contributed by atoms with van der Waals surface area (Å²) in [6.07, 6.45) is 1.04. The van der Waals surface area contributed by atoms with Crippen LogP contribution in [-0.4, -0.2) is 41.3 Å². The van der Waals surface area contributed by atoms with Crippen molar-refractivity contribution in [1.29, 1.82) is 0 Å². The van der Waals surface area contributed by atoms with Crippen LogP contribution in [0.4, 0.5) is 5.69 Å². The van der Waals surface area contributed by atoms with Crippen LogP contribution in [0, 0.1) is 0 Å². The van der Waals surface area contributed by atoms with E-state index < -0.39 is 15.9 Å². The number of nitrogens with zero attached hydrogens (tertiary/aromatic N) is 1. The SMILES string of the molecule is COc1ccc(OC)c(N(CC(=O)NC(C)c2ccccc2)S(C)(=O)=O)c1. The van der Waals surface area contributed by atoms with Crippen LogP contribution in [0.3, 0.4) is 0 Å². The number of sulfonamides is 1. The first-order chi connectivity index (χ1) is 12.8. The van der Waals surface area contributed by atoms with E-state index in [2.05, 4.69) is 5.32 Å². The van der Waals surface area contributed by atoms with Gasteiger partial charge < -0.3 is 14.8 Å². The maximum absolute atomic E-state index is 12.5. The summed E-state index contributed by atoms with van der Waals surface area (Å²) in [5, 5.41) is 2.82. The summed E-state index contributed by atoms with van der Waals surface area (Å²) in [6.45, 7) is 1.46. The van der Waals surface area contributed by atoms with E-state index in [0.29, 0.717) is 11.5 Å². The van der Waals surface area contributed by atoms with Crippen LogP contribution in [0.25, 0.3) is 0 Å². The van der Waals surface area contributed by atoms with Gasteiger partial charge in [-0.15, -0.1) is 0 Å². The third-order valence-electron chi connectivity index (χ3n) is 4.02. The second-order valence-corrected chi connectivity index (χ2v) is 7.91. The van der Waals surface area contributed by atoms with Crippen molar-refractivity contribution < 1.29 is 22.7 Å². The molecule has 0 fully saturated rings. The van der Waals surface area contributed by atoms with Gasteiger partial charge in [-0.25, -0.2) is 8.42 Å². The Morgan fingerprint density at radius 1 is 1.11 bits per heavy atom. The molecule has 0 aliphatic carbocycles. The normalized spacial score (nSPS) is 12.1. The number of carbonyl (C=O) groups excluding carboxylic acids is 1. The second kappa shape index (κ2) is 8.77. The molecule has 0 heterocycles. The molecule has 27 heavy (non-hydrogen) atoms. The molecular formula is C19H24N2O5S. The molecule has 0 aliphatic rings. The zero-order valence-electron chi connectivity index (χ0n) is 15.8. The molecule has 0 saturated heterocycles. The zero-order valence-corrected chi connectivity index (χ0v) is 16.6. The summed E-state index contributed by atoms with van der Waals surface area (Å²) in [6, 6.07) is 13.9. The molecule has 8 heteroatoms. The van der Waals surface area contributed by atoms with Gasteiger partial charge in [-0.3, -0.25) is 9.10 Å². The van der Waals surface area contributed by atoms with Gasteiger partial charge in [-0.2, -0.15) is 0 Å². The zero-order chi connectivity index (χ0) is 20.0. The van der Waals surface area contributed by atoms with Crippen LogP contribution < -0.4 is 19.1 Å². The van der Waals surface area contributed by atoms with Crippen molar-refractivity contribution in [3.63, 3.8) is 0 Å². The third-order valence-corrected chi connectivity index (χ3v) is 5.15. The number of ether oxygens (including phenoxy) is 2. The smallest absolute Gasteiger partial charge is 0.241 e. The monoisotopic (exact) mass is 392 g/mol. The number of amides is 1. The molecule has 1 N–H and O–H groups in total. The lowest BCUT2D eigenvalue weighted by Gasteiger charge is -2.25. The van der Waals surface area contributed by atoms with Gasteiger partial charge in [-0.05, 0) is 24.6 Å². The van der Waals surface area contributed by atoms with E-state index in [0.717, 1.165) is 16.1 Å². The molecule has 0 aromatic heterocycles. The minimum atomic E-state index is -3.73. The first-order valence-corrected chi connectivity index (χ1v) is 10.1. The maximum atomic E-state index is 12.5. The lowest BCUT2D eigenvalue weighted by Crippen LogP contribution is -2.41. The molecule has 7 nitrogen and oxygen atoms in total. The molecule has 1 atom stereocenters. The molecular weight excluding hydrogens is 368 g/mol. The number of anilines is 1. The summed E-state index contributed by atoms with van der Waals surface area (Å²) in [7, 11) is -0.823. The first kappa shape index (κ1) is 20.6. The highest BCUT2D eigenvalue weighted by Gasteiger charge is 2.25. The van der Waals surface area contributed by atoms with Gasteiger partial charge in [0.1, 0.15) is 18.0 Å². The minimum absolute atomic E-state index is 0.238. The van der Waals surface area contributed by atoms with Crippen LogP contribution in [0.2, 0.25) is 0 Å². The van der Waals surface area contributed by atoms with Crippen LogP contribution in [0.1, 0.15) is 18.5 Å². The fourth-order valence-electron chi connectivity index (χ4n) is 2.62. The summed E-state index contributed by atoms with van der Waals surface area (Å²) in [4.78, 5) is 12.5. The molecule has 1 unspecified atom stereocenters. The van der Waals surface area contributed by atoms with Gasteiger partial charge in [0.25, 0.3) is 0 Å². The van der Waals surface area contributed by atoms with E-state index in [1.54, 1.807) is 12.1 Å². The van der Waals surface area contributed by atoms with Gasteiger partial charge in [-0.1, -0.05) is 30.3 Å². The number of hydrogen-bond acceptors (Lipinski definition) is 5. The first-order valence-electron chi connectivity index (χ1n) is 8.30. The second-order valence-electron chi connectivity index (χ2n) is 6.01. The topological polar surface area (TPSA) is 84.9 Å². The third kappa shape index (κ3) is 5.37. The number of hydrogen-bond donors (Lipinski definition) is 1. The Morgan fingerprint density at radius 3 is 2.33 bits per heavy atom. The van der Waals surface area contributed by atoms with E-state index in [4.69, 9.17) is 9.47 Å². The predicted molar refractivity (Wildman–Crippen MR) is 105 cm³/mol. The van der Waals surface area contributed by atoms with E-state index >= 15 is 0 Å². The number of benzene rings is 2. The summed E-state index contributed by atoms with van der Waals surface area (Å²) < 4.78 is 36.1. The van der Waals surface area contributed by atoms with Crippen molar-refractivity contribution in [1.82, 2.24) is 5.32 Å². The van der Waals surface area contributed by atoms with Crippen molar-refractivity contribution in [2.45, 2.75) is 13.0 Å². The Labute approximate surface area is 160 Å². The highest BCUT2D eigenvalue weighted by molar-refractivity contribution is 7.92. The molecule has 2 rings (SSSR count). The number of carbonyl (C=O) groups is 1. The Kier molecular flexibility index (Phi) is 6.68. The van der Waals surface area contributed by atoms with E-state index in [1.165, 1.54) is 20.3 Å². The fourth-order valence-corrected chi connectivity index (χ4v) is 3.47. The Hall–Kier alpha value is -2.74. The van der Waals surface area contributed by atoms with Crippen molar-refractivity contribution in [3.8, 4) is 11.5 Å². The van der Waals surface area contributed by atoms with Crippen molar-refractivity contribution in [2.24, 2.45) is 0 Å². The largest absolute Gasteiger partial charge is 0.497 e. The highest BCUT2D eigenvalue weighted by Crippen LogP contribution is 2.33. The number of rotatable bonds is 8. The van der Waals surface area contributed by atoms with E-state index in [1.807, 2.05) is 37.3 Å². The molecule has 2 aromatic carbocycles. The molecule has 0 bridgehead atoms. The van der Waals surface area contributed by atoms with Crippen LogP contribution in [0.15, 0.2) is 48.5 Å². The van der Waals surface area contributed by atoms with Crippen LogP contribution in [-0.2, 0) is 14.8 Å². The van der Waals surface area contributed by atoms with Gasteiger partial charge in [0.2, 0.25) is 15.9 Å². The standard InChI is InChI=1S/C19H24N2O5S/c1-14(15-8-6-5-7-9-15)20-19(22)13-21(27(4,23)24)17-12-16(25-2)10-11-18(17)26-3/h5-12,14H,13H2,1-4H3,(H,20,22). The van der Waals surface area contributed by atoms with Gasteiger partial charge in [0, 0.05) is 6.07 Å². The number of methoxy groups -OCH3 is 2. The Morgan fingerprint density at radius 2 is 1.78 bits per heavy atom. The molecule has 2 aromatic rings. The molecule has 1 amide bonds. The van der Waals surface area contributed by atoms with Crippen molar-refractivity contribution >= 4 is 21.6 Å². The molecule has 0 aliphatic heterocycles. The lowest BCUT2D eigenvalue weighted by molar-refractivity contribution is -0.120. The van der Waals surface area contributed by atoms with Gasteiger partial charge in [0.05, 0.1) is 32.2 Å². The summed E-state index contributed by atoms with van der Waals surface area (Å²) in [5.41, 5.74) is 1.16. The van der Waals surface area contributed by atoms with Gasteiger partial charge in [0.15, 0.2) is 0 Å². The van der Waals surface area contributed by atoms with E-state index in [-0.39, 0.29) is 18.3 Å². The van der Waals surface area contributed by atoms with E-state index in [9.17, 15) is 13.2 Å². The van der Waals surface area contributed by atoms with Crippen molar-refractivity contribution in [2.75, 3.05) is 31.3 Å². The average molecular weight is 392 g/mol. The maximum Gasteiger partial charge on any atom is 0.241 e. The van der Waals surface area contributed by atoms with Gasteiger partial charge >= 0.3 is 0 Å². The molecule has 0 saturated carbocycles. The molecule has 0 radical (unpaired) electrons. The lowest BCUT2D eigenvalue weighted by atomic mass is 10.1. The summed E-state index contributed by atoms with van der Waals surface area (Å²) in [5.74, 6) is 0.351. The Bertz CT molecular complexity index is 884. The highest BCUT2D eigenvalue weighted by atomic mass is 32.2. The summed E-state index contributed by atoms with van der Waals surface area (Å²) >= 11 is 0. The van der Waals surface area contributed by atoms with Crippen LogP contribution in [0.5, 0.6) is 11.5 Å². The molecule has 0 spiro atoms. The minimum Gasteiger partial charge on any atom is -0.497 e.